The van der Waals surface area contributed by atoms with Crippen LogP contribution in [0.25, 0.3) is 0 Å². The Morgan fingerprint density at radius 2 is 2.22 bits per heavy atom. The SMILES string of the molecule is Cc1nc(CC(NN)c2ccc(Cl)cc2C)cs1. The van der Waals surface area contributed by atoms with Crippen LogP contribution in [-0.2, 0) is 6.42 Å². The average Bonchev–Trinajstić information content (AvgIpc) is 2.72. The van der Waals surface area contributed by atoms with Gasteiger partial charge < -0.3 is 0 Å². The molecule has 1 aromatic carbocycles. The summed E-state index contributed by atoms with van der Waals surface area (Å²) in [6.45, 7) is 4.05. The smallest absolute Gasteiger partial charge is 0.0897 e. The lowest BCUT2D eigenvalue weighted by molar-refractivity contribution is 0.544. The highest BCUT2D eigenvalue weighted by atomic mass is 35.5. The molecule has 1 aromatic heterocycles. The van der Waals surface area contributed by atoms with Crippen molar-refractivity contribution < 1.29 is 0 Å². The van der Waals surface area contributed by atoms with E-state index in [0.29, 0.717) is 0 Å². The zero-order valence-electron chi connectivity index (χ0n) is 10.4. The molecule has 0 aliphatic carbocycles. The van der Waals surface area contributed by atoms with Crippen LogP contribution >= 0.6 is 22.9 Å². The molecule has 0 aliphatic heterocycles. The van der Waals surface area contributed by atoms with E-state index < -0.39 is 0 Å². The fourth-order valence-corrected chi connectivity index (χ4v) is 2.85. The summed E-state index contributed by atoms with van der Waals surface area (Å²) in [5, 5.41) is 3.90. The van der Waals surface area contributed by atoms with Crippen LogP contribution in [0, 0.1) is 13.8 Å². The largest absolute Gasteiger partial charge is 0.271 e. The summed E-state index contributed by atoms with van der Waals surface area (Å²) < 4.78 is 0. The summed E-state index contributed by atoms with van der Waals surface area (Å²) in [4.78, 5) is 4.47. The van der Waals surface area contributed by atoms with Gasteiger partial charge in [-0.25, -0.2) is 4.98 Å². The number of thiazole rings is 1. The third-order valence-electron chi connectivity index (χ3n) is 2.89. The number of rotatable bonds is 4. The van der Waals surface area contributed by atoms with Crippen LogP contribution in [0.5, 0.6) is 0 Å². The molecule has 0 spiro atoms. The van der Waals surface area contributed by atoms with Crippen molar-refractivity contribution >= 4 is 22.9 Å². The van der Waals surface area contributed by atoms with Gasteiger partial charge in [-0.15, -0.1) is 11.3 Å². The van der Waals surface area contributed by atoms with E-state index in [2.05, 4.69) is 15.8 Å². The van der Waals surface area contributed by atoms with Crippen LogP contribution in [0.2, 0.25) is 5.02 Å². The molecule has 5 heteroatoms. The zero-order chi connectivity index (χ0) is 13.1. The van der Waals surface area contributed by atoms with Gasteiger partial charge in [-0.1, -0.05) is 17.7 Å². The summed E-state index contributed by atoms with van der Waals surface area (Å²) in [5.74, 6) is 5.66. The highest BCUT2D eigenvalue weighted by molar-refractivity contribution is 7.09. The predicted molar refractivity (Wildman–Crippen MR) is 76.8 cm³/mol. The van der Waals surface area contributed by atoms with E-state index in [-0.39, 0.29) is 6.04 Å². The van der Waals surface area contributed by atoms with E-state index in [0.717, 1.165) is 33.3 Å². The van der Waals surface area contributed by atoms with Crippen LogP contribution in [0.4, 0.5) is 0 Å². The molecule has 18 heavy (non-hydrogen) atoms. The number of aryl methyl sites for hydroxylation is 2. The van der Waals surface area contributed by atoms with Crippen LogP contribution in [0.15, 0.2) is 23.6 Å². The van der Waals surface area contributed by atoms with E-state index in [1.165, 1.54) is 0 Å². The molecule has 1 unspecified atom stereocenters. The van der Waals surface area contributed by atoms with E-state index in [9.17, 15) is 0 Å². The fourth-order valence-electron chi connectivity index (χ4n) is 2.00. The summed E-state index contributed by atoms with van der Waals surface area (Å²) in [6.07, 6.45) is 0.781. The van der Waals surface area contributed by atoms with Crippen LogP contribution in [0.1, 0.15) is 27.9 Å². The molecule has 3 nitrogen and oxygen atoms in total. The number of nitrogens with zero attached hydrogens (tertiary/aromatic N) is 1. The van der Waals surface area contributed by atoms with Gasteiger partial charge in [-0.05, 0) is 37.1 Å². The molecular weight excluding hydrogens is 266 g/mol. The van der Waals surface area contributed by atoms with Crippen molar-refractivity contribution in [3.63, 3.8) is 0 Å². The van der Waals surface area contributed by atoms with Crippen molar-refractivity contribution in [1.29, 1.82) is 0 Å². The Kier molecular flexibility index (Phi) is 4.35. The molecule has 0 aliphatic rings. The Balaban J connectivity index is 2.22. The number of hydrogen-bond donors (Lipinski definition) is 2. The Hall–Kier alpha value is -0.940. The molecule has 0 saturated heterocycles. The molecule has 0 fully saturated rings. The van der Waals surface area contributed by atoms with E-state index in [1.807, 2.05) is 32.0 Å². The van der Waals surface area contributed by atoms with Gasteiger partial charge in [0.1, 0.15) is 0 Å². The third-order valence-corrected chi connectivity index (χ3v) is 3.95. The maximum absolute atomic E-state index is 5.97. The third kappa shape index (κ3) is 3.09. The van der Waals surface area contributed by atoms with Crippen molar-refractivity contribution in [2.45, 2.75) is 26.3 Å². The first-order valence-electron chi connectivity index (χ1n) is 5.73. The molecule has 0 bridgehead atoms. The van der Waals surface area contributed by atoms with Gasteiger partial charge in [-0.3, -0.25) is 11.3 Å². The number of hydrogen-bond acceptors (Lipinski definition) is 4. The van der Waals surface area contributed by atoms with Gasteiger partial charge in [0, 0.05) is 16.8 Å². The van der Waals surface area contributed by atoms with Crippen LogP contribution < -0.4 is 11.3 Å². The van der Waals surface area contributed by atoms with E-state index in [1.54, 1.807) is 11.3 Å². The number of benzene rings is 1. The summed E-state index contributed by atoms with van der Waals surface area (Å²) in [7, 11) is 0. The Morgan fingerprint density at radius 1 is 1.44 bits per heavy atom. The van der Waals surface area contributed by atoms with E-state index >= 15 is 0 Å². The van der Waals surface area contributed by atoms with Crippen molar-refractivity contribution in [3.05, 3.63) is 50.4 Å². The number of halogens is 1. The quantitative estimate of drug-likeness (QED) is 0.669. The average molecular weight is 282 g/mol. The van der Waals surface area contributed by atoms with Gasteiger partial charge in [0.2, 0.25) is 0 Å². The van der Waals surface area contributed by atoms with Gasteiger partial charge in [0.25, 0.3) is 0 Å². The molecule has 0 radical (unpaired) electrons. The first-order valence-corrected chi connectivity index (χ1v) is 6.99. The second kappa shape index (κ2) is 5.80. The maximum atomic E-state index is 5.97. The fraction of sp³-hybridized carbons (Fsp3) is 0.308. The van der Waals surface area contributed by atoms with Gasteiger partial charge in [-0.2, -0.15) is 0 Å². The monoisotopic (exact) mass is 281 g/mol. The first kappa shape index (κ1) is 13.5. The molecule has 0 saturated carbocycles. The first-order chi connectivity index (χ1) is 8.60. The molecule has 2 aromatic rings. The normalized spacial score (nSPS) is 12.7. The van der Waals surface area contributed by atoms with Crippen LogP contribution in [-0.4, -0.2) is 4.98 Å². The van der Waals surface area contributed by atoms with Gasteiger partial charge in [0.05, 0.1) is 16.7 Å². The Bertz CT molecular complexity index is 539. The van der Waals surface area contributed by atoms with Crippen LogP contribution in [0.3, 0.4) is 0 Å². The van der Waals surface area contributed by atoms with Gasteiger partial charge >= 0.3 is 0 Å². The minimum absolute atomic E-state index is 0.0590. The lowest BCUT2D eigenvalue weighted by Crippen LogP contribution is -2.30. The minimum atomic E-state index is 0.0590. The number of nitrogens with one attached hydrogen (secondary N) is 1. The Labute approximate surface area is 116 Å². The summed E-state index contributed by atoms with van der Waals surface area (Å²) in [6, 6.07) is 5.92. The lowest BCUT2D eigenvalue weighted by Gasteiger charge is -2.17. The van der Waals surface area contributed by atoms with Crippen molar-refractivity contribution in [2.75, 3.05) is 0 Å². The number of hydrazine groups is 1. The lowest BCUT2D eigenvalue weighted by atomic mass is 9.98. The minimum Gasteiger partial charge on any atom is -0.271 e. The Morgan fingerprint density at radius 3 is 2.78 bits per heavy atom. The van der Waals surface area contributed by atoms with Crippen molar-refractivity contribution in [3.8, 4) is 0 Å². The maximum Gasteiger partial charge on any atom is 0.0897 e. The van der Waals surface area contributed by atoms with E-state index in [4.69, 9.17) is 17.4 Å². The highest BCUT2D eigenvalue weighted by Gasteiger charge is 2.14. The number of nitrogens with two attached hydrogens (primary N) is 1. The second-order valence-electron chi connectivity index (χ2n) is 4.28. The van der Waals surface area contributed by atoms with Crippen molar-refractivity contribution in [2.24, 2.45) is 5.84 Å². The highest BCUT2D eigenvalue weighted by Crippen LogP contribution is 2.24. The summed E-state index contributed by atoms with van der Waals surface area (Å²) >= 11 is 7.62. The standard InChI is InChI=1S/C13H16ClN3S/c1-8-5-10(14)3-4-12(8)13(17-15)6-11-7-18-9(2)16-11/h3-5,7,13,17H,6,15H2,1-2H3. The molecule has 3 N–H and O–H groups in total. The molecule has 1 atom stereocenters. The van der Waals surface area contributed by atoms with Gasteiger partial charge in [0.15, 0.2) is 0 Å². The number of aromatic nitrogens is 1. The second-order valence-corrected chi connectivity index (χ2v) is 5.78. The molecule has 1 heterocycles. The molecule has 0 amide bonds. The topological polar surface area (TPSA) is 50.9 Å². The van der Waals surface area contributed by atoms with Crippen molar-refractivity contribution in [1.82, 2.24) is 10.4 Å². The zero-order valence-corrected chi connectivity index (χ0v) is 12.0. The molecule has 96 valence electrons. The molecule has 2 rings (SSSR count). The summed E-state index contributed by atoms with van der Waals surface area (Å²) in [5.41, 5.74) is 6.22. The predicted octanol–water partition coefficient (Wildman–Crippen LogP) is 3.16. The molecular formula is C13H16ClN3S.